The number of nitrogens with zero attached hydrogens (tertiary/aromatic N) is 1. The normalized spacial score (nSPS) is 13.5. The zero-order valence-corrected chi connectivity index (χ0v) is 15.5. The van der Waals surface area contributed by atoms with Gasteiger partial charge in [-0.1, -0.05) is 0 Å². The van der Waals surface area contributed by atoms with Gasteiger partial charge in [0.2, 0.25) is 0 Å². The Morgan fingerprint density at radius 2 is 1.83 bits per heavy atom. The van der Waals surface area contributed by atoms with Crippen LogP contribution in [-0.2, 0) is 13.0 Å². The van der Waals surface area contributed by atoms with Crippen molar-refractivity contribution in [3.05, 3.63) is 45.7 Å². The lowest BCUT2D eigenvalue weighted by atomic mass is 9.98. The zero-order valence-electron chi connectivity index (χ0n) is 13.9. The molecule has 6 heteroatoms. The molecule has 3 rings (SSSR count). The van der Waals surface area contributed by atoms with Crippen LogP contribution in [-0.4, -0.2) is 35.5 Å². The maximum atomic E-state index is 12.6. The van der Waals surface area contributed by atoms with E-state index in [1.807, 2.05) is 30.9 Å². The summed E-state index contributed by atoms with van der Waals surface area (Å²) in [5.41, 5.74) is 2.94. The molecule has 1 amide bonds. The number of ether oxygens (including phenoxy) is 2. The molecule has 0 atom stereocenters. The number of fused-ring (bicyclic) bond motifs is 1. The lowest BCUT2D eigenvalue weighted by Crippen LogP contribution is -2.36. The number of aromatic nitrogens is 1. The van der Waals surface area contributed by atoms with Crippen LogP contribution in [0.1, 0.15) is 35.5 Å². The monoisotopic (exact) mass is 392 g/mol. The highest BCUT2D eigenvalue weighted by Gasteiger charge is 2.24. The first-order chi connectivity index (χ1) is 11.6. The van der Waals surface area contributed by atoms with Crippen LogP contribution in [0.2, 0.25) is 0 Å². The molecule has 0 spiro atoms. The van der Waals surface area contributed by atoms with Gasteiger partial charge in [-0.05, 0) is 65.5 Å². The van der Waals surface area contributed by atoms with Crippen molar-refractivity contribution in [2.24, 2.45) is 0 Å². The summed E-state index contributed by atoms with van der Waals surface area (Å²) < 4.78 is 12.3. The molecule has 0 aliphatic carbocycles. The second-order valence-electron chi connectivity index (χ2n) is 5.64. The van der Waals surface area contributed by atoms with Crippen molar-refractivity contribution in [1.82, 2.24) is 9.88 Å². The van der Waals surface area contributed by atoms with Crippen LogP contribution in [0, 0.1) is 0 Å². The molecule has 5 nitrogen and oxygen atoms in total. The van der Waals surface area contributed by atoms with Crippen molar-refractivity contribution in [3.8, 4) is 11.5 Å². The molecule has 0 saturated heterocycles. The third-order valence-electron chi connectivity index (χ3n) is 4.04. The predicted octanol–water partition coefficient (Wildman–Crippen LogP) is 3.77. The number of amides is 1. The first-order valence-electron chi connectivity index (χ1n) is 8.17. The molecule has 1 aromatic carbocycles. The summed E-state index contributed by atoms with van der Waals surface area (Å²) in [7, 11) is 0. The number of H-pyrrole nitrogens is 1. The number of hydrogen-bond acceptors (Lipinski definition) is 3. The molecule has 1 aromatic heterocycles. The zero-order chi connectivity index (χ0) is 17.1. The van der Waals surface area contributed by atoms with Gasteiger partial charge in [0.25, 0.3) is 5.91 Å². The number of rotatable bonds is 5. The van der Waals surface area contributed by atoms with Gasteiger partial charge in [-0.15, -0.1) is 0 Å². The molecule has 128 valence electrons. The summed E-state index contributed by atoms with van der Waals surface area (Å²) in [6.45, 7) is 6.38. The van der Waals surface area contributed by atoms with Crippen LogP contribution in [0.3, 0.4) is 0 Å². The number of nitrogens with one attached hydrogen (secondary N) is 1. The molecule has 2 aromatic rings. The van der Waals surface area contributed by atoms with Gasteiger partial charge in [0.05, 0.1) is 13.2 Å². The molecule has 2 heterocycles. The number of hydrogen-bond donors (Lipinski definition) is 1. The molecule has 0 radical (unpaired) electrons. The van der Waals surface area contributed by atoms with Gasteiger partial charge in [0.15, 0.2) is 11.5 Å². The summed E-state index contributed by atoms with van der Waals surface area (Å²) in [4.78, 5) is 17.5. The minimum Gasteiger partial charge on any atom is -0.490 e. The molecule has 1 N–H and O–H groups in total. The fourth-order valence-corrected chi connectivity index (χ4v) is 3.28. The Hall–Kier alpha value is -1.95. The van der Waals surface area contributed by atoms with E-state index in [0.29, 0.717) is 32.0 Å². The second kappa shape index (κ2) is 7.30. The highest BCUT2D eigenvalue weighted by molar-refractivity contribution is 9.10. The van der Waals surface area contributed by atoms with Crippen LogP contribution >= 0.6 is 15.9 Å². The van der Waals surface area contributed by atoms with Crippen LogP contribution in [0.25, 0.3) is 0 Å². The van der Waals surface area contributed by atoms with Gasteiger partial charge in [-0.2, -0.15) is 0 Å². The van der Waals surface area contributed by atoms with Crippen molar-refractivity contribution in [2.45, 2.75) is 26.8 Å². The Bertz CT molecular complexity index is 742. The Morgan fingerprint density at radius 1 is 1.17 bits per heavy atom. The van der Waals surface area contributed by atoms with Crippen molar-refractivity contribution in [3.63, 3.8) is 0 Å². The SMILES string of the molecule is CCOc1cc2c(cc1OCC)CN(C(=O)c1cc(Br)c[nH]1)CC2. The van der Waals surface area contributed by atoms with E-state index in [2.05, 4.69) is 27.0 Å². The lowest BCUT2D eigenvalue weighted by molar-refractivity contribution is 0.0729. The molecule has 0 unspecified atom stereocenters. The highest BCUT2D eigenvalue weighted by Crippen LogP contribution is 2.34. The summed E-state index contributed by atoms with van der Waals surface area (Å²) in [6, 6.07) is 5.87. The van der Waals surface area contributed by atoms with E-state index < -0.39 is 0 Å². The molecule has 1 aliphatic rings. The fraction of sp³-hybridized carbons (Fsp3) is 0.389. The number of halogens is 1. The smallest absolute Gasteiger partial charge is 0.270 e. The number of aromatic amines is 1. The maximum Gasteiger partial charge on any atom is 0.270 e. The largest absolute Gasteiger partial charge is 0.490 e. The van der Waals surface area contributed by atoms with Crippen LogP contribution < -0.4 is 9.47 Å². The Kier molecular flexibility index (Phi) is 5.14. The van der Waals surface area contributed by atoms with E-state index in [9.17, 15) is 4.79 Å². The summed E-state index contributed by atoms with van der Waals surface area (Å²) >= 11 is 3.37. The maximum absolute atomic E-state index is 12.6. The second-order valence-corrected chi connectivity index (χ2v) is 6.56. The van der Waals surface area contributed by atoms with Gasteiger partial charge in [0.1, 0.15) is 5.69 Å². The van der Waals surface area contributed by atoms with E-state index in [0.717, 1.165) is 28.0 Å². The number of carbonyl (C=O) groups excluding carboxylic acids is 1. The Labute approximate surface area is 150 Å². The first kappa shape index (κ1) is 16.9. The number of benzene rings is 1. The molecular weight excluding hydrogens is 372 g/mol. The number of carbonyl (C=O) groups is 1. The first-order valence-corrected chi connectivity index (χ1v) is 8.96. The van der Waals surface area contributed by atoms with E-state index in [-0.39, 0.29) is 5.91 Å². The van der Waals surface area contributed by atoms with E-state index in [1.54, 1.807) is 6.20 Å². The van der Waals surface area contributed by atoms with E-state index in [1.165, 1.54) is 5.56 Å². The van der Waals surface area contributed by atoms with Gasteiger partial charge in [-0.25, -0.2) is 0 Å². The molecule has 1 aliphatic heterocycles. The van der Waals surface area contributed by atoms with E-state index in [4.69, 9.17) is 9.47 Å². The van der Waals surface area contributed by atoms with Crippen molar-refractivity contribution in [2.75, 3.05) is 19.8 Å². The van der Waals surface area contributed by atoms with Crippen molar-refractivity contribution < 1.29 is 14.3 Å². The summed E-state index contributed by atoms with van der Waals surface area (Å²) in [6.07, 6.45) is 2.59. The molecular formula is C18H21BrN2O3. The molecule has 24 heavy (non-hydrogen) atoms. The third-order valence-corrected chi connectivity index (χ3v) is 4.50. The van der Waals surface area contributed by atoms with Crippen LogP contribution in [0.5, 0.6) is 11.5 Å². The van der Waals surface area contributed by atoms with Crippen LogP contribution in [0.4, 0.5) is 0 Å². The Morgan fingerprint density at radius 3 is 2.42 bits per heavy atom. The summed E-state index contributed by atoms with van der Waals surface area (Å²) in [5, 5.41) is 0. The minimum atomic E-state index is 0.0122. The van der Waals surface area contributed by atoms with E-state index >= 15 is 0 Å². The fourth-order valence-electron chi connectivity index (χ4n) is 2.94. The topological polar surface area (TPSA) is 54.6 Å². The molecule has 0 saturated carbocycles. The predicted molar refractivity (Wildman–Crippen MR) is 95.7 cm³/mol. The highest BCUT2D eigenvalue weighted by atomic mass is 79.9. The van der Waals surface area contributed by atoms with Gasteiger partial charge in [0, 0.05) is 23.8 Å². The summed E-state index contributed by atoms with van der Waals surface area (Å²) in [5.74, 6) is 1.54. The Balaban J connectivity index is 1.84. The van der Waals surface area contributed by atoms with Crippen molar-refractivity contribution >= 4 is 21.8 Å². The average molecular weight is 393 g/mol. The lowest BCUT2D eigenvalue weighted by Gasteiger charge is -2.29. The van der Waals surface area contributed by atoms with Crippen LogP contribution in [0.15, 0.2) is 28.9 Å². The third kappa shape index (κ3) is 3.43. The minimum absolute atomic E-state index is 0.0122. The van der Waals surface area contributed by atoms with Gasteiger partial charge < -0.3 is 19.4 Å². The molecule has 0 fully saturated rings. The standard InChI is InChI=1S/C18H21BrN2O3/c1-3-23-16-7-12-5-6-21(11-13(12)8-17(16)24-4-2)18(22)15-9-14(19)10-20-15/h7-10,20H,3-6,11H2,1-2H3. The average Bonchev–Trinajstić information content (AvgIpc) is 3.01. The van der Waals surface area contributed by atoms with Gasteiger partial charge in [-0.3, -0.25) is 4.79 Å². The molecule has 0 bridgehead atoms. The van der Waals surface area contributed by atoms with Gasteiger partial charge >= 0.3 is 0 Å². The quantitative estimate of drug-likeness (QED) is 0.842. The van der Waals surface area contributed by atoms with Crippen molar-refractivity contribution in [1.29, 1.82) is 0 Å².